The highest BCUT2D eigenvalue weighted by Crippen LogP contribution is 2.26. The van der Waals surface area contributed by atoms with Gasteiger partial charge in [-0.15, -0.1) is 0 Å². The molecule has 1 aliphatic rings. The maximum Gasteiger partial charge on any atom is 0.224 e. The van der Waals surface area contributed by atoms with Crippen LogP contribution in [0.3, 0.4) is 0 Å². The van der Waals surface area contributed by atoms with Gasteiger partial charge in [0.1, 0.15) is 5.02 Å². The van der Waals surface area contributed by atoms with E-state index in [1.54, 1.807) is 0 Å². The van der Waals surface area contributed by atoms with Gasteiger partial charge in [-0.25, -0.2) is 4.98 Å². The Bertz CT molecular complexity index is 610. The number of halogens is 2. The predicted molar refractivity (Wildman–Crippen MR) is 87.8 cm³/mol. The molecule has 1 saturated heterocycles. The second-order valence-corrected chi connectivity index (χ2v) is 5.80. The highest BCUT2D eigenvalue weighted by molar-refractivity contribution is 6.33. The molecular weight excluding hydrogens is 307 g/mol. The fraction of sp³-hybridized carbons (Fsp3) is 0.333. The molecule has 110 valence electrons. The molecule has 0 aliphatic carbocycles. The number of rotatable bonds is 3. The van der Waals surface area contributed by atoms with E-state index in [2.05, 4.69) is 32.3 Å². The standard InChI is InChI=1S/C15H16Cl2N4/c16-13-10-18-15(17)20-14(13)19-11-4-6-12(7-5-11)21-8-2-1-3-9-21/h4-7,10H,1-3,8-9H2,(H,18,19,20). The fourth-order valence-corrected chi connectivity index (χ4v) is 2.75. The van der Waals surface area contributed by atoms with Gasteiger partial charge >= 0.3 is 0 Å². The first-order chi connectivity index (χ1) is 10.2. The van der Waals surface area contributed by atoms with Gasteiger partial charge in [-0.3, -0.25) is 0 Å². The molecule has 1 aromatic carbocycles. The molecule has 0 radical (unpaired) electrons. The van der Waals surface area contributed by atoms with Crippen LogP contribution in [0.4, 0.5) is 17.2 Å². The molecule has 2 heterocycles. The number of piperidine rings is 1. The number of aromatic nitrogens is 2. The first-order valence-corrected chi connectivity index (χ1v) is 7.78. The van der Waals surface area contributed by atoms with E-state index in [-0.39, 0.29) is 5.28 Å². The Morgan fingerprint density at radius 3 is 2.43 bits per heavy atom. The Morgan fingerprint density at radius 2 is 1.71 bits per heavy atom. The summed E-state index contributed by atoms with van der Waals surface area (Å²) in [4.78, 5) is 10.3. The van der Waals surface area contributed by atoms with Crippen molar-refractivity contribution in [2.75, 3.05) is 23.3 Å². The van der Waals surface area contributed by atoms with E-state index in [1.165, 1.54) is 31.1 Å². The molecule has 4 nitrogen and oxygen atoms in total. The van der Waals surface area contributed by atoms with Gasteiger partial charge in [0.25, 0.3) is 0 Å². The minimum atomic E-state index is 0.173. The topological polar surface area (TPSA) is 41.1 Å². The van der Waals surface area contributed by atoms with Gasteiger partial charge in [0.15, 0.2) is 5.82 Å². The van der Waals surface area contributed by atoms with Crippen molar-refractivity contribution in [3.05, 3.63) is 40.8 Å². The van der Waals surface area contributed by atoms with E-state index in [4.69, 9.17) is 23.2 Å². The van der Waals surface area contributed by atoms with Crippen LogP contribution in [0.2, 0.25) is 10.3 Å². The number of nitrogens with one attached hydrogen (secondary N) is 1. The molecule has 0 atom stereocenters. The summed E-state index contributed by atoms with van der Waals surface area (Å²) in [5.74, 6) is 0.516. The fourth-order valence-electron chi connectivity index (χ4n) is 2.48. The van der Waals surface area contributed by atoms with Gasteiger partial charge in [-0.2, -0.15) is 4.98 Å². The Morgan fingerprint density at radius 1 is 1.00 bits per heavy atom. The largest absolute Gasteiger partial charge is 0.372 e. The number of benzene rings is 1. The zero-order valence-corrected chi connectivity index (χ0v) is 13.0. The van der Waals surface area contributed by atoms with Crippen molar-refractivity contribution in [3.8, 4) is 0 Å². The predicted octanol–water partition coefficient (Wildman–Crippen LogP) is 4.52. The average Bonchev–Trinajstić information content (AvgIpc) is 2.53. The normalized spacial score (nSPS) is 15.0. The number of hydrogen-bond donors (Lipinski definition) is 1. The molecule has 1 N–H and O–H groups in total. The van der Waals surface area contributed by atoms with Gasteiger partial charge in [0, 0.05) is 24.5 Å². The van der Waals surface area contributed by atoms with Crippen LogP contribution in [0.15, 0.2) is 30.5 Å². The molecule has 0 bridgehead atoms. The molecule has 0 saturated carbocycles. The van der Waals surface area contributed by atoms with Crippen LogP contribution in [-0.2, 0) is 0 Å². The molecule has 0 spiro atoms. The van der Waals surface area contributed by atoms with Gasteiger partial charge in [-0.05, 0) is 55.1 Å². The Balaban J connectivity index is 1.73. The number of hydrogen-bond acceptors (Lipinski definition) is 4. The smallest absolute Gasteiger partial charge is 0.224 e. The quantitative estimate of drug-likeness (QED) is 0.843. The second-order valence-electron chi connectivity index (χ2n) is 5.06. The summed E-state index contributed by atoms with van der Waals surface area (Å²) in [7, 11) is 0. The van der Waals surface area contributed by atoms with Gasteiger partial charge < -0.3 is 10.2 Å². The molecule has 0 amide bonds. The van der Waals surface area contributed by atoms with Crippen LogP contribution in [0.25, 0.3) is 0 Å². The minimum absolute atomic E-state index is 0.173. The van der Waals surface area contributed by atoms with E-state index in [0.717, 1.165) is 18.8 Å². The van der Waals surface area contributed by atoms with Crippen LogP contribution >= 0.6 is 23.2 Å². The third kappa shape index (κ3) is 3.57. The third-order valence-corrected chi connectivity index (χ3v) is 4.02. The third-order valence-electron chi connectivity index (χ3n) is 3.57. The SMILES string of the molecule is Clc1ncc(Cl)c(Nc2ccc(N3CCCCC3)cc2)n1. The van der Waals surface area contributed by atoms with Gasteiger partial charge in [-0.1, -0.05) is 11.6 Å². The van der Waals surface area contributed by atoms with E-state index in [9.17, 15) is 0 Å². The molecule has 1 aliphatic heterocycles. The van der Waals surface area contributed by atoms with Gasteiger partial charge in [0.05, 0.1) is 6.20 Å². The summed E-state index contributed by atoms with van der Waals surface area (Å²) >= 11 is 11.8. The molecular formula is C15H16Cl2N4. The lowest BCUT2D eigenvalue weighted by Gasteiger charge is -2.28. The summed E-state index contributed by atoms with van der Waals surface area (Å²) in [6, 6.07) is 8.28. The number of anilines is 3. The molecule has 21 heavy (non-hydrogen) atoms. The van der Waals surface area contributed by atoms with Crippen LogP contribution in [0, 0.1) is 0 Å². The van der Waals surface area contributed by atoms with Crippen molar-refractivity contribution in [3.63, 3.8) is 0 Å². The summed E-state index contributed by atoms with van der Waals surface area (Å²) in [5.41, 5.74) is 2.18. The lowest BCUT2D eigenvalue weighted by molar-refractivity contribution is 0.578. The van der Waals surface area contributed by atoms with Crippen molar-refractivity contribution >= 4 is 40.4 Å². The summed E-state index contributed by atoms with van der Waals surface area (Å²) in [6.07, 6.45) is 5.37. The highest BCUT2D eigenvalue weighted by Gasteiger charge is 2.11. The monoisotopic (exact) mass is 322 g/mol. The van der Waals surface area contributed by atoms with E-state index in [1.807, 2.05) is 12.1 Å². The first kappa shape index (κ1) is 14.4. The van der Waals surface area contributed by atoms with Crippen LogP contribution in [0.1, 0.15) is 19.3 Å². The van der Waals surface area contributed by atoms with Crippen molar-refractivity contribution in [1.29, 1.82) is 0 Å². The molecule has 1 aromatic heterocycles. The highest BCUT2D eigenvalue weighted by atomic mass is 35.5. The van der Waals surface area contributed by atoms with Crippen LogP contribution < -0.4 is 10.2 Å². The van der Waals surface area contributed by atoms with Crippen molar-refractivity contribution < 1.29 is 0 Å². The average molecular weight is 323 g/mol. The van der Waals surface area contributed by atoms with E-state index < -0.39 is 0 Å². The summed E-state index contributed by atoms with van der Waals surface area (Å²) < 4.78 is 0. The lowest BCUT2D eigenvalue weighted by atomic mass is 10.1. The zero-order valence-electron chi connectivity index (χ0n) is 11.5. The van der Waals surface area contributed by atoms with Gasteiger partial charge in [0.2, 0.25) is 5.28 Å². The minimum Gasteiger partial charge on any atom is -0.372 e. The zero-order chi connectivity index (χ0) is 14.7. The molecule has 6 heteroatoms. The molecule has 1 fully saturated rings. The maximum atomic E-state index is 6.04. The lowest BCUT2D eigenvalue weighted by Crippen LogP contribution is -2.29. The maximum absolute atomic E-state index is 6.04. The number of nitrogens with zero attached hydrogens (tertiary/aromatic N) is 3. The van der Waals surface area contributed by atoms with E-state index >= 15 is 0 Å². The van der Waals surface area contributed by atoms with Crippen LogP contribution in [0.5, 0.6) is 0 Å². The van der Waals surface area contributed by atoms with Crippen molar-refractivity contribution in [2.45, 2.75) is 19.3 Å². The van der Waals surface area contributed by atoms with Crippen molar-refractivity contribution in [2.24, 2.45) is 0 Å². The Kier molecular flexibility index (Phi) is 4.46. The van der Waals surface area contributed by atoms with E-state index in [0.29, 0.717) is 10.8 Å². The summed E-state index contributed by atoms with van der Waals surface area (Å²) in [6.45, 7) is 2.28. The molecule has 3 rings (SSSR count). The first-order valence-electron chi connectivity index (χ1n) is 7.02. The Labute approximate surface area is 134 Å². The molecule has 0 unspecified atom stereocenters. The summed E-state index contributed by atoms with van der Waals surface area (Å²) in [5, 5.41) is 3.77. The van der Waals surface area contributed by atoms with Crippen molar-refractivity contribution in [1.82, 2.24) is 9.97 Å². The van der Waals surface area contributed by atoms with Crippen LogP contribution in [-0.4, -0.2) is 23.1 Å². The molecule has 2 aromatic rings. The Hall–Kier alpha value is -1.52. The second kappa shape index (κ2) is 6.50.